The molecule has 1 aliphatic rings. The Hall–Kier alpha value is -1.82. The average Bonchev–Trinajstić information content (AvgIpc) is 3.33. The highest BCUT2D eigenvalue weighted by Crippen LogP contribution is 2.27. The molecule has 3 aromatic rings. The fourth-order valence-electron chi connectivity index (χ4n) is 3.37. The minimum atomic E-state index is 0.788. The van der Waals surface area contributed by atoms with Crippen LogP contribution in [0.1, 0.15) is 29.8 Å². The van der Waals surface area contributed by atoms with Gasteiger partial charge in [0.2, 0.25) is 0 Å². The SMILES string of the molecule is Clc1ccccc1CSc1nnc(CN2CCCC2)n1Cc1ccccc1. The lowest BCUT2D eigenvalue weighted by Crippen LogP contribution is -2.21. The lowest BCUT2D eigenvalue weighted by atomic mass is 10.2. The summed E-state index contributed by atoms with van der Waals surface area (Å²) >= 11 is 8.01. The number of aromatic nitrogens is 3. The maximum atomic E-state index is 6.32. The number of halogens is 1. The fraction of sp³-hybridized carbons (Fsp3) is 0.333. The van der Waals surface area contributed by atoms with Crippen molar-refractivity contribution in [3.8, 4) is 0 Å². The molecular formula is C21H23ClN4S. The lowest BCUT2D eigenvalue weighted by Gasteiger charge is -2.16. The van der Waals surface area contributed by atoms with E-state index in [4.69, 9.17) is 11.6 Å². The molecule has 2 heterocycles. The molecule has 4 nitrogen and oxygen atoms in total. The summed E-state index contributed by atoms with van der Waals surface area (Å²) in [7, 11) is 0. The Bertz CT molecular complexity index is 875. The van der Waals surface area contributed by atoms with E-state index < -0.39 is 0 Å². The number of nitrogens with zero attached hydrogens (tertiary/aromatic N) is 4. The third kappa shape index (κ3) is 4.72. The summed E-state index contributed by atoms with van der Waals surface area (Å²) in [5.41, 5.74) is 2.39. The summed E-state index contributed by atoms with van der Waals surface area (Å²) in [5.74, 6) is 1.83. The Morgan fingerprint density at radius 3 is 2.41 bits per heavy atom. The van der Waals surface area contributed by atoms with Crippen LogP contribution in [0.2, 0.25) is 5.02 Å². The largest absolute Gasteiger partial charge is 0.300 e. The Balaban J connectivity index is 1.55. The van der Waals surface area contributed by atoms with E-state index in [9.17, 15) is 0 Å². The summed E-state index contributed by atoms with van der Waals surface area (Å²) in [5, 5.41) is 10.8. The number of hydrogen-bond donors (Lipinski definition) is 0. The molecule has 0 atom stereocenters. The highest BCUT2D eigenvalue weighted by atomic mass is 35.5. The van der Waals surface area contributed by atoms with Crippen LogP contribution in [0.15, 0.2) is 59.8 Å². The van der Waals surface area contributed by atoms with Gasteiger partial charge in [0, 0.05) is 10.8 Å². The van der Waals surface area contributed by atoms with Gasteiger partial charge in [-0.3, -0.25) is 4.90 Å². The summed E-state index contributed by atoms with van der Waals surface area (Å²) in [6.45, 7) is 3.97. The molecule has 0 unspecified atom stereocenters. The second-order valence-electron chi connectivity index (χ2n) is 6.83. The van der Waals surface area contributed by atoms with Crippen molar-refractivity contribution in [3.63, 3.8) is 0 Å². The second kappa shape index (κ2) is 8.91. The van der Waals surface area contributed by atoms with Gasteiger partial charge in [0.1, 0.15) is 5.82 Å². The van der Waals surface area contributed by atoms with E-state index in [0.29, 0.717) is 0 Å². The molecule has 1 aliphatic heterocycles. The molecule has 1 fully saturated rings. The van der Waals surface area contributed by atoms with Gasteiger partial charge < -0.3 is 4.57 Å². The van der Waals surface area contributed by atoms with Crippen LogP contribution in [0.4, 0.5) is 0 Å². The minimum absolute atomic E-state index is 0.788. The normalized spacial score (nSPS) is 14.7. The van der Waals surface area contributed by atoms with Gasteiger partial charge in [-0.2, -0.15) is 0 Å². The molecule has 0 radical (unpaired) electrons. The Kier molecular flexibility index (Phi) is 6.12. The molecule has 2 aromatic carbocycles. The van der Waals surface area contributed by atoms with Crippen molar-refractivity contribution in [2.24, 2.45) is 0 Å². The highest BCUT2D eigenvalue weighted by molar-refractivity contribution is 7.98. The van der Waals surface area contributed by atoms with Crippen LogP contribution in [0, 0.1) is 0 Å². The molecule has 0 bridgehead atoms. The van der Waals surface area contributed by atoms with Gasteiger partial charge in [-0.25, -0.2) is 0 Å². The molecule has 0 aliphatic carbocycles. The Morgan fingerprint density at radius 2 is 1.63 bits per heavy atom. The predicted molar refractivity (Wildman–Crippen MR) is 111 cm³/mol. The molecule has 1 aromatic heterocycles. The zero-order valence-electron chi connectivity index (χ0n) is 15.2. The van der Waals surface area contributed by atoms with E-state index in [0.717, 1.165) is 53.5 Å². The monoisotopic (exact) mass is 398 g/mol. The van der Waals surface area contributed by atoms with Crippen LogP contribution in [-0.4, -0.2) is 32.8 Å². The van der Waals surface area contributed by atoms with E-state index in [1.54, 1.807) is 11.8 Å². The van der Waals surface area contributed by atoms with Crippen LogP contribution < -0.4 is 0 Å². The van der Waals surface area contributed by atoms with Gasteiger partial charge >= 0.3 is 0 Å². The molecular weight excluding hydrogens is 376 g/mol. The summed E-state index contributed by atoms with van der Waals surface area (Å²) in [6.07, 6.45) is 2.56. The van der Waals surface area contributed by atoms with Crippen LogP contribution in [0.3, 0.4) is 0 Å². The predicted octanol–water partition coefficient (Wildman–Crippen LogP) is 4.87. The van der Waals surface area contributed by atoms with Crippen molar-refractivity contribution in [2.75, 3.05) is 13.1 Å². The zero-order valence-corrected chi connectivity index (χ0v) is 16.8. The maximum absolute atomic E-state index is 6.32. The van der Waals surface area contributed by atoms with Crippen molar-refractivity contribution in [1.29, 1.82) is 0 Å². The standard InChI is InChI=1S/C21H23ClN4S/c22-19-11-5-4-10-18(19)16-27-21-24-23-20(15-25-12-6-7-13-25)26(21)14-17-8-2-1-3-9-17/h1-5,8-11H,6-7,12-16H2. The maximum Gasteiger partial charge on any atom is 0.191 e. The lowest BCUT2D eigenvalue weighted by molar-refractivity contribution is 0.316. The third-order valence-electron chi connectivity index (χ3n) is 4.86. The number of likely N-dealkylation sites (tertiary alicyclic amines) is 1. The average molecular weight is 399 g/mol. The molecule has 140 valence electrons. The van der Waals surface area contributed by atoms with Gasteiger partial charge in [0.05, 0.1) is 13.1 Å². The van der Waals surface area contributed by atoms with E-state index in [1.807, 2.05) is 24.3 Å². The summed E-state index contributed by atoms with van der Waals surface area (Å²) in [6, 6.07) is 18.5. The number of thioether (sulfide) groups is 1. The van der Waals surface area contributed by atoms with Crippen LogP contribution >= 0.6 is 23.4 Å². The quantitative estimate of drug-likeness (QED) is 0.532. The van der Waals surface area contributed by atoms with Gasteiger partial charge in [0.25, 0.3) is 0 Å². The van der Waals surface area contributed by atoms with Crippen LogP contribution in [-0.2, 0) is 18.8 Å². The molecule has 1 saturated heterocycles. The van der Waals surface area contributed by atoms with E-state index in [2.05, 4.69) is 50.0 Å². The molecule has 0 amide bonds. The van der Waals surface area contributed by atoms with Crippen LogP contribution in [0.5, 0.6) is 0 Å². The molecule has 0 saturated carbocycles. The van der Waals surface area contributed by atoms with E-state index >= 15 is 0 Å². The van der Waals surface area contributed by atoms with Crippen molar-refractivity contribution < 1.29 is 0 Å². The van der Waals surface area contributed by atoms with Crippen molar-refractivity contribution in [2.45, 2.75) is 36.8 Å². The first-order chi connectivity index (χ1) is 13.3. The second-order valence-corrected chi connectivity index (χ2v) is 8.18. The van der Waals surface area contributed by atoms with Crippen LogP contribution in [0.25, 0.3) is 0 Å². The molecule has 0 spiro atoms. The Labute approximate surface area is 169 Å². The molecule has 0 N–H and O–H groups in total. The molecule has 4 rings (SSSR count). The van der Waals surface area contributed by atoms with Gasteiger partial charge in [-0.1, -0.05) is 71.9 Å². The minimum Gasteiger partial charge on any atom is -0.300 e. The Morgan fingerprint density at radius 1 is 0.889 bits per heavy atom. The van der Waals surface area contributed by atoms with Crippen molar-refractivity contribution >= 4 is 23.4 Å². The first-order valence-electron chi connectivity index (χ1n) is 9.34. The summed E-state index contributed by atoms with van der Waals surface area (Å²) < 4.78 is 2.26. The summed E-state index contributed by atoms with van der Waals surface area (Å²) in [4.78, 5) is 2.47. The first-order valence-corrected chi connectivity index (χ1v) is 10.7. The van der Waals surface area contributed by atoms with Crippen molar-refractivity contribution in [3.05, 3.63) is 76.6 Å². The smallest absolute Gasteiger partial charge is 0.191 e. The van der Waals surface area contributed by atoms with Crippen molar-refractivity contribution in [1.82, 2.24) is 19.7 Å². The van der Waals surface area contributed by atoms with E-state index in [-0.39, 0.29) is 0 Å². The van der Waals surface area contributed by atoms with Gasteiger partial charge in [-0.15, -0.1) is 10.2 Å². The van der Waals surface area contributed by atoms with Gasteiger partial charge in [-0.05, 0) is 43.1 Å². The highest BCUT2D eigenvalue weighted by Gasteiger charge is 2.18. The topological polar surface area (TPSA) is 34.0 Å². The molecule has 6 heteroatoms. The third-order valence-corrected chi connectivity index (χ3v) is 6.24. The number of benzene rings is 2. The molecule has 27 heavy (non-hydrogen) atoms. The fourth-order valence-corrected chi connectivity index (χ4v) is 4.61. The number of rotatable bonds is 7. The zero-order chi connectivity index (χ0) is 18.5. The van der Waals surface area contributed by atoms with Gasteiger partial charge in [0.15, 0.2) is 5.16 Å². The number of hydrogen-bond acceptors (Lipinski definition) is 4. The van der Waals surface area contributed by atoms with E-state index in [1.165, 1.54) is 18.4 Å². The first kappa shape index (κ1) is 18.5.